The molecule has 0 aliphatic rings. The summed E-state index contributed by atoms with van der Waals surface area (Å²) in [4.78, 5) is 41.1. The third-order valence-electron chi connectivity index (χ3n) is 4.75. The number of amides is 1. The summed E-state index contributed by atoms with van der Waals surface area (Å²) < 4.78 is 11.7. The Bertz CT molecular complexity index is 1210. The smallest absolute Gasteiger partial charge is 0.306 e. The van der Waals surface area contributed by atoms with Crippen LogP contribution >= 0.6 is 11.6 Å². The minimum Gasteiger partial charge on any atom is -0.495 e. The van der Waals surface area contributed by atoms with E-state index in [0.717, 1.165) is 5.56 Å². The lowest BCUT2D eigenvalue weighted by Crippen LogP contribution is -2.24. The number of halogens is 1. The summed E-state index contributed by atoms with van der Waals surface area (Å²) in [6, 6.07) is 10.3. The molecule has 1 N–H and O–H groups in total. The summed E-state index contributed by atoms with van der Waals surface area (Å²) in [7, 11) is 3.07. The average molecular weight is 444 g/mol. The average Bonchev–Trinajstić information content (AvgIpc) is 2.76. The second-order valence-electron chi connectivity index (χ2n) is 6.92. The highest BCUT2D eigenvalue weighted by Gasteiger charge is 2.14. The van der Waals surface area contributed by atoms with Gasteiger partial charge in [-0.2, -0.15) is 0 Å². The highest BCUT2D eigenvalue weighted by atomic mass is 35.5. The molecule has 3 aromatic rings. The lowest BCUT2D eigenvalue weighted by Gasteiger charge is -2.12. The van der Waals surface area contributed by atoms with E-state index in [1.165, 1.54) is 11.7 Å². The number of anilines is 1. The lowest BCUT2D eigenvalue weighted by atomic mass is 10.2. The van der Waals surface area contributed by atoms with Crippen molar-refractivity contribution in [2.24, 2.45) is 7.05 Å². The molecule has 0 saturated heterocycles. The van der Waals surface area contributed by atoms with Gasteiger partial charge in [-0.25, -0.2) is 4.98 Å². The largest absolute Gasteiger partial charge is 0.495 e. The molecule has 0 bridgehead atoms. The van der Waals surface area contributed by atoms with Crippen molar-refractivity contribution in [3.8, 4) is 5.75 Å². The number of hydrogen-bond donors (Lipinski definition) is 1. The molecule has 31 heavy (non-hydrogen) atoms. The van der Waals surface area contributed by atoms with E-state index in [2.05, 4.69) is 10.3 Å². The van der Waals surface area contributed by atoms with E-state index >= 15 is 0 Å². The van der Waals surface area contributed by atoms with Gasteiger partial charge in [0.25, 0.3) is 11.5 Å². The summed E-state index contributed by atoms with van der Waals surface area (Å²) in [5, 5.41) is 3.66. The fourth-order valence-corrected chi connectivity index (χ4v) is 3.19. The van der Waals surface area contributed by atoms with Crippen molar-refractivity contribution in [1.82, 2.24) is 9.55 Å². The fourth-order valence-electron chi connectivity index (χ4n) is 3.04. The Hall–Kier alpha value is -3.39. The molecule has 1 amide bonds. The van der Waals surface area contributed by atoms with Crippen LogP contribution in [0.15, 0.2) is 41.2 Å². The van der Waals surface area contributed by atoms with Crippen LogP contribution in [0.5, 0.6) is 5.75 Å². The van der Waals surface area contributed by atoms with Gasteiger partial charge in [0.2, 0.25) is 0 Å². The highest BCUT2D eigenvalue weighted by Crippen LogP contribution is 2.30. The number of ether oxygens (including phenoxy) is 2. The van der Waals surface area contributed by atoms with Crippen molar-refractivity contribution >= 4 is 40.1 Å². The van der Waals surface area contributed by atoms with Crippen molar-refractivity contribution in [2.75, 3.05) is 19.0 Å². The Kier molecular flexibility index (Phi) is 6.91. The van der Waals surface area contributed by atoms with Gasteiger partial charge >= 0.3 is 5.97 Å². The number of carbonyl (C=O) groups excluding carboxylic acids is 2. The Labute approximate surface area is 183 Å². The van der Waals surface area contributed by atoms with E-state index in [-0.39, 0.29) is 18.4 Å². The van der Waals surface area contributed by atoms with Crippen LogP contribution < -0.4 is 15.6 Å². The lowest BCUT2D eigenvalue weighted by molar-refractivity contribution is -0.147. The molecule has 3 rings (SSSR count). The summed E-state index contributed by atoms with van der Waals surface area (Å²) in [5.41, 5.74) is 1.59. The molecule has 0 saturated carbocycles. The van der Waals surface area contributed by atoms with Crippen LogP contribution in [0.3, 0.4) is 0 Å². The molecule has 1 heterocycles. The molecule has 9 heteroatoms. The first-order valence-corrected chi connectivity index (χ1v) is 9.92. The number of carbonyl (C=O) groups is 2. The summed E-state index contributed by atoms with van der Waals surface area (Å²) in [6.07, 6.45) is 0.191. The minimum absolute atomic E-state index is 0.0186. The van der Waals surface area contributed by atoms with Crippen molar-refractivity contribution in [3.63, 3.8) is 0 Å². The first-order chi connectivity index (χ1) is 14.8. The monoisotopic (exact) mass is 443 g/mol. The number of aromatic nitrogens is 2. The first-order valence-electron chi connectivity index (χ1n) is 9.54. The number of nitrogens with zero attached hydrogens (tertiary/aromatic N) is 2. The molecule has 0 radical (unpaired) electrons. The highest BCUT2D eigenvalue weighted by molar-refractivity contribution is 6.31. The fraction of sp³-hybridized carbons (Fsp3) is 0.273. The van der Waals surface area contributed by atoms with Crippen LogP contribution in [0.1, 0.15) is 17.8 Å². The van der Waals surface area contributed by atoms with Crippen molar-refractivity contribution in [3.05, 3.63) is 63.2 Å². The van der Waals surface area contributed by atoms with Crippen LogP contribution in [0.25, 0.3) is 10.9 Å². The minimum atomic E-state index is -0.572. The molecule has 8 nitrogen and oxygen atoms in total. The molecule has 0 atom stereocenters. The first kappa shape index (κ1) is 22.3. The van der Waals surface area contributed by atoms with Crippen molar-refractivity contribution in [1.29, 1.82) is 0 Å². The van der Waals surface area contributed by atoms with Crippen LogP contribution in [-0.2, 0) is 27.8 Å². The number of rotatable bonds is 7. The second kappa shape index (κ2) is 9.61. The number of para-hydroxylation sites is 1. The third-order valence-corrected chi connectivity index (χ3v) is 5.15. The number of methoxy groups -OCH3 is 1. The van der Waals surface area contributed by atoms with Gasteiger partial charge in [0.1, 0.15) is 11.6 Å². The Morgan fingerprint density at radius 1 is 1.23 bits per heavy atom. The molecule has 2 aromatic carbocycles. The van der Waals surface area contributed by atoms with Crippen LogP contribution in [-0.4, -0.2) is 35.1 Å². The third kappa shape index (κ3) is 5.21. The molecular weight excluding hydrogens is 422 g/mol. The topological polar surface area (TPSA) is 99.5 Å². The number of nitrogens with one attached hydrogen (secondary N) is 1. The predicted octanol–water partition coefficient (Wildman–Crippen LogP) is 3.02. The number of esters is 1. The van der Waals surface area contributed by atoms with E-state index < -0.39 is 18.5 Å². The SMILES string of the molecule is COc1cc(Cl)c(C)cc1NC(=O)COC(=O)CCc1nc2ccccc2c(=O)n1C. The predicted molar refractivity (Wildman–Crippen MR) is 118 cm³/mol. The van der Waals surface area contributed by atoms with Gasteiger partial charge in [-0.05, 0) is 30.7 Å². The number of hydrogen-bond acceptors (Lipinski definition) is 6. The zero-order valence-electron chi connectivity index (χ0n) is 17.4. The molecular formula is C22H22ClN3O5. The molecule has 0 fully saturated rings. The second-order valence-corrected chi connectivity index (χ2v) is 7.33. The van der Waals surface area contributed by atoms with E-state index in [0.29, 0.717) is 33.2 Å². The van der Waals surface area contributed by atoms with E-state index in [1.54, 1.807) is 50.4 Å². The van der Waals surface area contributed by atoms with E-state index in [1.807, 2.05) is 0 Å². The normalized spacial score (nSPS) is 10.7. The molecule has 0 unspecified atom stereocenters. The van der Waals surface area contributed by atoms with E-state index in [4.69, 9.17) is 21.1 Å². The summed E-state index contributed by atoms with van der Waals surface area (Å²) >= 11 is 6.05. The molecule has 0 aliphatic carbocycles. The Balaban J connectivity index is 1.57. The van der Waals surface area contributed by atoms with Crippen LogP contribution in [0.2, 0.25) is 5.02 Å². The number of benzene rings is 2. The van der Waals surface area contributed by atoms with Gasteiger partial charge < -0.3 is 14.8 Å². The van der Waals surface area contributed by atoms with E-state index in [9.17, 15) is 14.4 Å². The zero-order chi connectivity index (χ0) is 22.5. The Morgan fingerprint density at radius 3 is 2.71 bits per heavy atom. The van der Waals surface area contributed by atoms with Crippen molar-refractivity contribution in [2.45, 2.75) is 19.8 Å². The van der Waals surface area contributed by atoms with Crippen LogP contribution in [0, 0.1) is 6.92 Å². The van der Waals surface area contributed by atoms with Crippen molar-refractivity contribution < 1.29 is 19.1 Å². The molecule has 1 aromatic heterocycles. The van der Waals surface area contributed by atoms with Gasteiger partial charge in [0.15, 0.2) is 6.61 Å². The molecule has 0 spiro atoms. The van der Waals surface area contributed by atoms with Crippen LogP contribution in [0.4, 0.5) is 5.69 Å². The maximum atomic E-state index is 12.4. The Morgan fingerprint density at radius 2 is 1.97 bits per heavy atom. The standard InChI is InChI=1S/C22H22ClN3O5/c1-13-10-17(18(30-3)11-15(13)23)25-20(27)12-31-21(28)9-8-19-24-16-7-5-4-6-14(16)22(29)26(19)2/h4-7,10-11H,8-9,12H2,1-3H3,(H,25,27). The summed E-state index contributed by atoms with van der Waals surface area (Å²) in [6.45, 7) is 1.35. The van der Waals surface area contributed by atoms with Gasteiger partial charge in [0.05, 0.1) is 30.1 Å². The maximum Gasteiger partial charge on any atom is 0.306 e. The maximum absolute atomic E-state index is 12.4. The quantitative estimate of drug-likeness (QED) is 0.563. The number of fused-ring (bicyclic) bond motifs is 1. The number of aryl methyl sites for hydroxylation is 2. The zero-order valence-corrected chi connectivity index (χ0v) is 18.2. The van der Waals surface area contributed by atoms with Gasteiger partial charge in [-0.3, -0.25) is 19.0 Å². The van der Waals surface area contributed by atoms with Gasteiger partial charge in [-0.1, -0.05) is 23.7 Å². The van der Waals surface area contributed by atoms with Gasteiger partial charge in [0, 0.05) is 24.6 Å². The molecule has 162 valence electrons. The summed E-state index contributed by atoms with van der Waals surface area (Å²) in [5.74, 6) is -0.216. The van der Waals surface area contributed by atoms with Gasteiger partial charge in [-0.15, -0.1) is 0 Å². The molecule has 0 aliphatic heterocycles.